The number of hydrogen-bond acceptors (Lipinski definition) is 19. The number of phenols is 1. The summed E-state index contributed by atoms with van der Waals surface area (Å²) in [6.45, 7) is 1.40. The Hall–Kier alpha value is -6.33. The van der Waals surface area contributed by atoms with Gasteiger partial charge in [-0.1, -0.05) is 29.3 Å². The Labute approximate surface area is 375 Å². The van der Waals surface area contributed by atoms with E-state index in [0.29, 0.717) is 34.4 Å². The molecule has 9 N–H and O–H groups in total. The second-order valence-corrected chi connectivity index (χ2v) is 16.1. The third-order valence-electron chi connectivity index (χ3n) is 11.6. The van der Waals surface area contributed by atoms with Gasteiger partial charge in [0, 0.05) is 43.0 Å². The number of ether oxygens (including phenoxy) is 3. The molecular weight excluding hydrogens is 867 g/mol. The molecule has 1 fully saturated rings. The molecule has 66 heavy (non-hydrogen) atoms. The highest BCUT2D eigenvalue weighted by Gasteiger charge is 2.72. The Kier molecular flexibility index (Phi) is 14.2. The van der Waals surface area contributed by atoms with Gasteiger partial charge in [-0.15, -0.1) is 0 Å². The molecule has 0 radical (unpaired) electrons. The average molecular weight is 916 g/mol. The summed E-state index contributed by atoms with van der Waals surface area (Å²) in [6.07, 6.45) is -7.43. The minimum atomic E-state index is -3.27. The fourth-order valence-corrected chi connectivity index (χ4v) is 8.37. The summed E-state index contributed by atoms with van der Waals surface area (Å²) in [6, 6.07) is 13.3. The number of nitrogens with one attached hydrogen (secondary N) is 1. The lowest BCUT2D eigenvalue weighted by Gasteiger charge is -2.57. The first kappa shape index (κ1) is 47.6. The Morgan fingerprint density at radius 1 is 1.03 bits per heavy atom. The van der Waals surface area contributed by atoms with Crippen LogP contribution in [0.1, 0.15) is 36.0 Å². The number of rotatable bonds is 19. The van der Waals surface area contributed by atoms with E-state index in [-0.39, 0.29) is 54.0 Å². The van der Waals surface area contributed by atoms with Crippen molar-refractivity contribution in [2.75, 3.05) is 26.3 Å². The molecule has 8 unspecified atom stereocenters. The van der Waals surface area contributed by atoms with Crippen LogP contribution in [0, 0.1) is 13.8 Å². The first-order chi connectivity index (χ1) is 31.5. The maximum atomic E-state index is 13.7. The predicted molar refractivity (Wildman–Crippen MR) is 231 cm³/mol. The van der Waals surface area contributed by atoms with Gasteiger partial charge in [0.1, 0.15) is 29.6 Å². The number of aromatic hydroxyl groups is 1. The van der Waals surface area contributed by atoms with Crippen molar-refractivity contribution >= 4 is 41.1 Å². The number of aliphatic imine (C=N–C) groups is 1. The third-order valence-corrected chi connectivity index (χ3v) is 11.6. The molecule has 3 aromatic carbocycles. The molecule has 7 rings (SSSR count). The largest absolute Gasteiger partial charge is 0.508 e. The van der Waals surface area contributed by atoms with E-state index in [2.05, 4.69) is 10.3 Å². The van der Waals surface area contributed by atoms with Crippen LogP contribution in [0.4, 0.5) is 0 Å². The number of aliphatic carboxylic acids is 1. The number of carboxylic acid groups (broad SMARTS) is 1. The summed E-state index contributed by atoms with van der Waals surface area (Å²) in [7, 11) is 0. The number of aliphatic hydroxyl groups excluding tert-OH is 4. The summed E-state index contributed by atoms with van der Waals surface area (Å²) in [5, 5.41) is 93.3. The second-order valence-electron chi connectivity index (χ2n) is 16.1. The van der Waals surface area contributed by atoms with Crippen molar-refractivity contribution < 1.29 is 78.7 Å². The van der Waals surface area contributed by atoms with Crippen molar-refractivity contribution in [1.82, 2.24) is 10.4 Å². The molecule has 8 atom stereocenters. The lowest BCUT2D eigenvalue weighted by molar-refractivity contribution is -0.417. The van der Waals surface area contributed by atoms with E-state index in [1.165, 1.54) is 53.8 Å². The van der Waals surface area contributed by atoms with Gasteiger partial charge < -0.3 is 64.3 Å². The van der Waals surface area contributed by atoms with Gasteiger partial charge in [0.2, 0.25) is 18.6 Å². The minimum absolute atomic E-state index is 0.00952. The van der Waals surface area contributed by atoms with Crippen LogP contribution in [0.5, 0.6) is 11.5 Å². The summed E-state index contributed by atoms with van der Waals surface area (Å²) < 4.78 is 23.4. The summed E-state index contributed by atoms with van der Waals surface area (Å²) >= 11 is 0. The lowest BCUT2D eigenvalue weighted by Crippen LogP contribution is -2.82. The molecule has 20 heteroatoms. The Morgan fingerprint density at radius 3 is 2.42 bits per heavy atom. The maximum Gasteiger partial charge on any atom is 0.337 e. The number of phenolic OH excluding ortho intramolecular Hbond substituents is 1. The van der Waals surface area contributed by atoms with Crippen LogP contribution >= 0.6 is 0 Å². The Balaban J connectivity index is 1.34. The van der Waals surface area contributed by atoms with E-state index >= 15 is 0 Å². The van der Waals surface area contributed by atoms with Crippen LogP contribution in [-0.4, -0.2) is 145 Å². The fourth-order valence-electron chi connectivity index (χ4n) is 8.37. The average Bonchev–Trinajstić information content (AvgIpc) is 3.88. The van der Waals surface area contributed by atoms with Crippen molar-refractivity contribution in [3.05, 3.63) is 111 Å². The van der Waals surface area contributed by atoms with E-state index in [4.69, 9.17) is 23.5 Å². The number of aryl methyl sites for hydroxylation is 2. The van der Waals surface area contributed by atoms with Gasteiger partial charge in [-0.2, -0.15) is 0 Å². The molecule has 4 heterocycles. The Morgan fingerprint density at radius 2 is 1.76 bits per heavy atom. The van der Waals surface area contributed by atoms with Gasteiger partial charge in [0.05, 0.1) is 41.6 Å². The van der Waals surface area contributed by atoms with Gasteiger partial charge in [0.15, 0.2) is 28.8 Å². The third kappa shape index (κ3) is 9.10. The topological polar surface area (TPSA) is 308 Å². The first-order valence-electron chi connectivity index (χ1n) is 20.9. The zero-order valence-electron chi connectivity index (χ0n) is 35.6. The van der Waals surface area contributed by atoms with Crippen molar-refractivity contribution in [2.24, 2.45) is 4.99 Å². The molecular formula is C46H49N3O17. The molecule has 0 spiro atoms. The molecule has 1 saturated heterocycles. The molecule has 0 saturated carbocycles. The molecule has 4 aromatic rings. The highest BCUT2D eigenvalue weighted by molar-refractivity contribution is 5.98. The number of aliphatic hydroxyl groups is 6. The maximum absolute atomic E-state index is 13.7. The molecule has 0 bridgehead atoms. The van der Waals surface area contributed by atoms with E-state index in [1.807, 2.05) is 32.0 Å². The number of fused-ring (bicyclic) bond motifs is 2. The van der Waals surface area contributed by atoms with Gasteiger partial charge in [0.25, 0.3) is 0 Å². The molecule has 20 nitrogen and oxygen atoms in total. The summed E-state index contributed by atoms with van der Waals surface area (Å²) in [4.78, 5) is 61.0. The lowest BCUT2D eigenvalue weighted by atomic mass is 9.68. The van der Waals surface area contributed by atoms with Gasteiger partial charge in [-0.05, 0) is 74.7 Å². The van der Waals surface area contributed by atoms with E-state index in [9.17, 15) is 60.0 Å². The van der Waals surface area contributed by atoms with E-state index < -0.39 is 85.1 Å². The normalized spacial score (nSPS) is 23.9. The van der Waals surface area contributed by atoms with Crippen LogP contribution in [0.2, 0.25) is 0 Å². The smallest absolute Gasteiger partial charge is 0.337 e. The minimum Gasteiger partial charge on any atom is -0.508 e. The summed E-state index contributed by atoms with van der Waals surface area (Å²) in [5.74, 6) is -3.56. The highest BCUT2D eigenvalue weighted by Crippen LogP contribution is 2.47. The van der Waals surface area contributed by atoms with Crippen LogP contribution < -0.4 is 15.5 Å². The number of hydroxylamine groups is 2. The van der Waals surface area contributed by atoms with E-state index in [1.54, 1.807) is 12.3 Å². The highest BCUT2D eigenvalue weighted by atomic mass is 16.8. The van der Waals surface area contributed by atoms with Crippen LogP contribution in [-0.2, 0) is 28.7 Å². The Bertz CT molecular complexity index is 2610. The number of nitrogens with zero attached hydrogens (tertiary/aromatic N) is 2. The monoisotopic (exact) mass is 915 g/mol. The van der Waals surface area contributed by atoms with E-state index in [0.717, 1.165) is 11.1 Å². The zero-order valence-corrected chi connectivity index (χ0v) is 35.6. The quantitative estimate of drug-likeness (QED) is 0.0208. The van der Waals surface area contributed by atoms with Crippen molar-refractivity contribution in [2.45, 2.75) is 81.2 Å². The van der Waals surface area contributed by atoms with Crippen LogP contribution in [0.25, 0.3) is 27.8 Å². The molecule has 350 valence electrons. The summed E-state index contributed by atoms with van der Waals surface area (Å²) in [5.41, 5.74) is -2.40. The number of carbonyl (C=O) groups is 3. The molecule has 0 amide bonds. The number of esters is 1. The fraction of sp³-hybridized carbons (Fsp3) is 0.370. The number of carboxylic acids is 1. The first-order valence-corrected chi connectivity index (χ1v) is 20.9. The number of benzene rings is 3. The molecule has 1 aromatic heterocycles. The van der Waals surface area contributed by atoms with Crippen molar-refractivity contribution in [1.29, 1.82) is 0 Å². The number of hydrogen-bond donors (Lipinski definition) is 9. The van der Waals surface area contributed by atoms with Crippen LogP contribution in [0.3, 0.4) is 0 Å². The number of aldehydes is 1. The number of allylic oxidation sites excluding steroid dienone is 1. The van der Waals surface area contributed by atoms with Crippen LogP contribution in [0.15, 0.2) is 98.5 Å². The van der Waals surface area contributed by atoms with Gasteiger partial charge >= 0.3 is 11.9 Å². The zero-order chi connectivity index (χ0) is 47.5. The van der Waals surface area contributed by atoms with Gasteiger partial charge in [-0.3, -0.25) is 19.9 Å². The molecule has 0 aliphatic carbocycles. The second kappa shape index (κ2) is 19.6. The standard InChI is InChI=1S/C46H49N3O17/c1-24-17-25(2)19-28(18-24)37-35-27(12-14-48-35)21-49(37)66-40-44(63-30-10-11-31-33(20-30)62-22-32(38(31)55)26-6-8-29(53)9-7-26)64-39(45(60,23-52)46(40,61)34(54)5-3-15-50)43(59)65-42(58)36(41(56)57)47-13-4-16-51/h6-12,14,16-20,22,34,36,39-40,43-44,47,50,52-54,59-61H,3-5,13,15,21,23H2,1-2H3,(H,56,57). The van der Waals surface area contributed by atoms with Crippen molar-refractivity contribution in [3.8, 4) is 22.6 Å². The predicted octanol–water partition coefficient (Wildman–Crippen LogP) is 0.963. The SMILES string of the molecule is Cc1cc(C)cc(C2=C3N=CC=C3CN2OC2C(Oc3ccc4c(=O)c(-c5ccc(O)cc5)coc4c3)OC(C(O)OC(=O)C(NCCC=O)C(=O)O)C(O)(CO)C2(O)C(O)CCCO)c1. The molecule has 3 aliphatic heterocycles. The van der Waals surface area contributed by atoms with Gasteiger partial charge in [-0.25, -0.2) is 14.7 Å². The number of carbonyl (C=O) groups excluding carboxylic acids is 2. The van der Waals surface area contributed by atoms with Crippen molar-refractivity contribution in [3.63, 3.8) is 0 Å². The molecule has 3 aliphatic rings.